The average molecular weight is 1330 g/mol. The number of nitrogens with zero attached hydrogens (tertiary/aromatic N) is 10. The first-order chi connectivity index (χ1) is 48.0. The zero-order valence-electron chi connectivity index (χ0n) is 54.1. The largest absolute Gasteiger partial charge is 0.534 e. The molecule has 10 aromatic carbocycles. The van der Waals surface area contributed by atoms with Gasteiger partial charge in [-0.15, -0.1) is 0 Å². The summed E-state index contributed by atoms with van der Waals surface area (Å²) in [5, 5.41) is 9.23. The molecule has 0 spiro atoms. The SMILES string of the molecule is Brc1c2ccccc2c(-c2ccc(-c3cccnc3)nc2)c2ccccc12.CC1(C)OB(c2nc(-c3ccccc3)nc(-c3ccccc3)n2)OC1(C)C.c1ccc(-c2nc(-c3ccccc3)nc(-c3c4ccccc4c(-c4ccc(-c5cccnc5)nc4)c4ccccc34)n2)cc1. The zero-order chi connectivity index (χ0) is 66.6. The van der Waals surface area contributed by atoms with Crippen molar-refractivity contribution in [3.05, 3.63) is 309 Å². The number of hydrogen-bond acceptors (Lipinski definition) is 12. The fourth-order valence-electron chi connectivity index (χ4n) is 12.3. The molecule has 470 valence electrons. The van der Waals surface area contributed by atoms with Crippen LogP contribution in [0.2, 0.25) is 0 Å². The van der Waals surface area contributed by atoms with E-state index < -0.39 is 18.3 Å². The van der Waals surface area contributed by atoms with Crippen LogP contribution in [-0.4, -0.2) is 68.2 Å². The van der Waals surface area contributed by atoms with E-state index in [9.17, 15) is 0 Å². The molecule has 0 saturated carbocycles. The minimum absolute atomic E-state index is 0.454. The van der Waals surface area contributed by atoms with Crippen LogP contribution in [0.25, 0.3) is 145 Å². The Balaban J connectivity index is 0.000000126. The molecule has 1 aliphatic rings. The molecule has 12 nitrogen and oxygen atoms in total. The highest BCUT2D eigenvalue weighted by Gasteiger charge is 2.53. The van der Waals surface area contributed by atoms with Crippen LogP contribution in [0.15, 0.2) is 309 Å². The predicted octanol–water partition coefficient (Wildman–Crippen LogP) is 19.7. The Morgan fingerprint density at radius 3 is 0.898 bits per heavy atom. The monoisotopic (exact) mass is 1330 g/mol. The van der Waals surface area contributed by atoms with Crippen LogP contribution < -0.4 is 5.72 Å². The van der Waals surface area contributed by atoms with E-state index in [1.54, 1.807) is 12.4 Å². The molecule has 1 saturated heterocycles. The molecule has 0 unspecified atom stereocenters. The molecule has 6 aromatic heterocycles. The fraction of sp³-hybridized carbons (Fsp3) is 0.0714. The second kappa shape index (κ2) is 27.2. The minimum Gasteiger partial charge on any atom is -0.397 e. The van der Waals surface area contributed by atoms with Crippen molar-refractivity contribution in [1.29, 1.82) is 0 Å². The number of hydrogen-bond donors (Lipinski definition) is 0. The summed E-state index contributed by atoms with van der Waals surface area (Å²) in [5.41, 5.74) is 12.6. The molecule has 0 atom stereocenters. The molecule has 98 heavy (non-hydrogen) atoms. The van der Waals surface area contributed by atoms with Gasteiger partial charge in [0.25, 0.3) is 0 Å². The molecule has 17 rings (SSSR count). The highest BCUT2D eigenvalue weighted by atomic mass is 79.9. The van der Waals surface area contributed by atoms with Gasteiger partial charge < -0.3 is 9.31 Å². The van der Waals surface area contributed by atoms with Crippen LogP contribution in [0.4, 0.5) is 0 Å². The standard InChI is InChI=1S/C39H25N5.C24H15BrN2.C21H22BN3O2/c1-3-12-26(13-4-1)37-42-38(27-14-5-2-6-15-27)44-39(43-37)36-32-19-9-7-17-30(32)35(31-18-8-10-20-33(31)36)29-21-22-34(41-25-29)28-16-11-23-40-24-28;25-24-20-9-3-1-7-18(20)23(19-8-2-4-10-21(19)24)17-11-12-22(27-15-17)16-6-5-13-26-14-16;1-20(2)21(3,4)27-22(26-20)19-24-17(15-11-7-5-8-12-15)23-18(25-19)16-13-9-6-10-14-16/h1-25H;1-15H;5-14H,1-4H3. The van der Waals surface area contributed by atoms with Crippen LogP contribution in [0.1, 0.15) is 27.7 Å². The van der Waals surface area contributed by atoms with Crippen molar-refractivity contribution in [3.8, 4) is 102 Å². The summed E-state index contributed by atoms with van der Waals surface area (Å²) < 4.78 is 13.5. The molecule has 0 N–H and O–H groups in total. The van der Waals surface area contributed by atoms with Crippen molar-refractivity contribution in [1.82, 2.24) is 49.8 Å². The van der Waals surface area contributed by atoms with Crippen LogP contribution in [-0.2, 0) is 9.31 Å². The third kappa shape index (κ3) is 12.6. The van der Waals surface area contributed by atoms with Crippen molar-refractivity contribution >= 4 is 71.9 Å². The van der Waals surface area contributed by atoms with Crippen LogP contribution in [0.5, 0.6) is 0 Å². The lowest BCUT2D eigenvalue weighted by Crippen LogP contribution is -2.41. The summed E-state index contributed by atoms with van der Waals surface area (Å²) in [4.78, 5) is 47.2. The maximum Gasteiger partial charge on any atom is 0.534 e. The Kier molecular flexibility index (Phi) is 17.3. The molecular formula is C84H62BBrN10O2. The lowest BCUT2D eigenvalue weighted by atomic mass is 9.88. The smallest absolute Gasteiger partial charge is 0.397 e. The van der Waals surface area contributed by atoms with Crippen molar-refractivity contribution in [2.24, 2.45) is 0 Å². The van der Waals surface area contributed by atoms with Gasteiger partial charge in [-0.2, -0.15) is 0 Å². The van der Waals surface area contributed by atoms with E-state index in [2.05, 4.69) is 162 Å². The van der Waals surface area contributed by atoms with Gasteiger partial charge in [-0.3, -0.25) is 19.9 Å². The molecule has 0 bridgehead atoms. The number of fused-ring (bicyclic) bond motifs is 4. The number of halogens is 1. The van der Waals surface area contributed by atoms with Gasteiger partial charge in [-0.25, -0.2) is 29.9 Å². The first-order valence-corrected chi connectivity index (χ1v) is 33.2. The van der Waals surface area contributed by atoms with Gasteiger partial charge in [0.05, 0.1) is 22.6 Å². The maximum atomic E-state index is 6.16. The summed E-state index contributed by atoms with van der Waals surface area (Å²) >= 11 is 3.81. The first kappa shape index (κ1) is 62.4. The Hall–Kier alpha value is -11.7. The third-order valence-corrected chi connectivity index (χ3v) is 18.8. The summed E-state index contributed by atoms with van der Waals surface area (Å²) in [7, 11) is -0.636. The summed E-state index contributed by atoms with van der Waals surface area (Å²) in [6, 6.07) is 90.3. The number of rotatable bonds is 10. The number of pyridine rings is 4. The van der Waals surface area contributed by atoms with E-state index in [1.165, 1.54) is 27.1 Å². The second-order valence-corrected chi connectivity index (χ2v) is 25.5. The third-order valence-electron chi connectivity index (χ3n) is 17.9. The van der Waals surface area contributed by atoms with Crippen LogP contribution in [0, 0.1) is 0 Å². The molecular weight excluding hydrogens is 1270 g/mol. The van der Waals surface area contributed by atoms with Crippen LogP contribution >= 0.6 is 15.9 Å². The quantitative estimate of drug-likeness (QED) is 0.0948. The van der Waals surface area contributed by atoms with E-state index >= 15 is 0 Å². The summed E-state index contributed by atoms with van der Waals surface area (Å²) in [6.07, 6.45) is 11.1. The molecule has 0 radical (unpaired) electrons. The lowest BCUT2D eigenvalue weighted by molar-refractivity contribution is 0.00578. The van der Waals surface area contributed by atoms with E-state index in [-0.39, 0.29) is 0 Å². The summed E-state index contributed by atoms with van der Waals surface area (Å²) in [6.45, 7) is 8.07. The van der Waals surface area contributed by atoms with Gasteiger partial charge in [-0.1, -0.05) is 231 Å². The average Bonchev–Trinajstić information content (AvgIpc) is 0.954. The maximum absolute atomic E-state index is 6.16. The Morgan fingerprint density at radius 2 is 0.571 bits per heavy atom. The topological polar surface area (TPSA) is 147 Å². The predicted molar refractivity (Wildman–Crippen MR) is 400 cm³/mol. The first-order valence-electron chi connectivity index (χ1n) is 32.4. The van der Waals surface area contributed by atoms with E-state index in [4.69, 9.17) is 34.2 Å². The van der Waals surface area contributed by atoms with Gasteiger partial charge >= 0.3 is 7.12 Å². The van der Waals surface area contributed by atoms with Crippen molar-refractivity contribution in [2.45, 2.75) is 38.9 Å². The fourth-order valence-corrected chi connectivity index (χ4v) is 13.0. The van der Waals surface area contributed by atoms with Crippen molar-refractivity contribution < 1.29 is 9.31 Å². The zero-order valence-corrected chi connectivity index (χ0v) is 55.7. The molecule has 1 aliphatic heterocycles. The highest BCUT2D eigenvalue weighted by molar-refractivity contribution is 9.10. The summed E-state index contributed by atoms with van der Waals surface area (Å²) in [5.74, 6) is 3.13. The van der Waals surface area contributed by atoms with Crippen LogP contribution in [0.3, 0.4) is 0 Å². The second-order valence-electron chi connectivity index (χ2n) is 24.7. The van der Waals surface area contributed by atoms with Crippen molar-refractivity contribution in [2.75, 3.05) is 0 Å². The van der Waals surface area contributed by atoms with Gasteiger partial charge in [0.1, 0.15) is 0 Å². The Morgan fingerprint density at radius 1 is 0.276 bits per heavy atom. The number of benzene rings is 10. The highest BCUT2D eigenvalue weighted by Crippen LogP contribution is 2.45. The molecule has 1 fully saturated rings. The molecule has 0 amide bonds. The lowest BCUT2D eigenvalue weighted by Gasteiger charge is -2.32. The molecule has 7 heterocycles. The normalized spacial score (nSPS) is 13.0. The van der Waals surface area contributed by atoms with E-state index in [0.29, 0.717) is 34.8 Å². The Labute approximate surface area is 576 Å². The minimum atomic E-state index is -0.636. The number of aromatic nitrogens is 10. The molecule has 16 aromatic rings. The van der Waals surface area contributed by atoms with Gasteiger partial charge in [0.15, 0.2) is 34.8 Å². The van der Waals surface area contributed by atoms with Gasteiger partial charge in [-0.05, 0) is 134 Å². The Bertz CT molecular complexity index is 5270. The van der Waals surface area contributed by atoms with E-state index in [1.807, 2.05) is 198 Å². The van der Waals surface area contributed by atoms with E-state index in [0.717, 1.165) is 93.0 Å². The van der Waals surface area contributed by atoms with Gasteiger partial charge in [0, 0.05) is 91.7 Å². The van der Waals surface area contributed by atoms with Gasteiger partial charge in [0.2, 0.25) is 0 Å². The molecule has 0 aliphatic carbocycles. The van der Waals surface area contributed by atoms with Crippen molar-refractivity contribution in [3.63, 3.8) is 0 Å². The molecule has 14 heteroatoms.